The first-order valence-corrected chi connectivity index (χ1v) is 8.01. The second-order valence-electron chi connectivity index (χ2n) is 5.75. The molecular formula is C16H26N6O. The Balaban J connectivity index is 1.91. The number of pyridine rings is 1. The number of hydrogen-bond acceptors (Lipinski definition) is 4. The summed E-state index contributed by atoms with van der Waals surface area (Å²) >= 11 is 0. The first kappa shape index (κ1) is 17.1. The molecule has 0 radical (unpaired) electrons. The molecule has 2 heterocycles. The van der Waals surface area contributed by atoms with Crippen molar-refractivity contribution in [2.24, 2.45) is 4.99 Å². The number of anilines is 1. The molecule has 0 aliphatic carbocycles. The number of nitrogens with zero attached hydrogens (tertiary/aromatic N) is 4. The molecule has 23 heavy (non-hydrogen) atoms. The Morgan fingerprint density at radius 1 is 1.48 bits per heavy atom. The zero-order valence-corrected chi connectivity index (χ0v) is 14.1. The van der Waals surface area contributed by atoms with Crippen molar-refractivity contribution in [3.05, 3.63) is 24.4 Å². The van der Waals surface area contributed by atoms with E-state index in [9.17, 15) is 4.79 Å². The summed E-state index contributed by atoms with van der Waals surface area (Å²) in [5, 5.41) is 6.60. The average molecular weight is 318 g/mol. The maximum absolute atomic E-state index is 11.7. The molecule has 0 bridgehead atoms. The number of likely N-dealkylation sites (N-methyl/N-ethyl adjacent to an activating group) is 1. The minimum atomic E-state index is -0.0104. The van der Waals surface area contributed by atoms with Gasteiger partial charge >= 0.3 is 0 Å². The highest BCUT2D eigenvalue weighted by Crippen LogP contribution is 2.17. The summed E-state index contributed by atoms with van der Waals surface area (Å²) in [5.41, 5.74) is 0. The van der Waals surface area contributed by atoms with Crippen LogP contribution in [0.1, 0.15) is 13.3 Å². The van der Waals surface area contributed by atoms with Crippen LogP contribution in [0.5, 0.6) is 0 Å². The molecule has 7 heteroatoms. The molecule has 1 unspecified atom stereocenters. The van der Waals surface area contributed by atoms with E-state index in [-0.39, 0.29) is 12.5 Å². The lowest BCUT2D eigenvalue weighted by molar-refractivity contribution is -0.127. The lowest BCUT2D eigenvalue weighted by atomic mass is 10.3. The van der Waals surface area contributed by atoms with Crippen molar-refractivity contribution < 1.29 is 4.79 Å². The molecule has 1 aromatic rings. The van der Waals surface area contributed by atoms with Gasteiger partial charge < -0.3 is 20.4 Å². The van der Waals surface area contributed by atoms with Crippen molar-refractivity contribution in [1.82, 2.24) is 20.5 Å². The van der Waals surface area contributed by atoms with Gasteiger partial charge in [0, 0.05) is 46.0 Å². The van der Waals surface area contributed by atoms with Crippen molar-refractivity contribution in [2.45, 2.75) is 19.4 Å². The van der Waals surface area contributed by atoms with Crippen LogP contribution in [-0.4, -0.2) is 68.1 Å². The Kier molecular flexibility index (Phi) is 6.19. The number of guanidine groups is 1. The van der Waals surface area contributed by atoms with E-state index in [4.69, 9.17) is 0 Å². The molecule has 126 valence electrons. The highest BCUT2D eigenvalue weighted by Gasteiger charge is 2.24. The van der Waals surface area contributed by atoms with Crippen molar-refractivity contribution in [1.29, 1.82) is 0 Å². The van der Waals surface area contributed by atoms with E-state index in [0.717, 1.165) is 31.9 Å². The van der Waals surface area contributed by atoms with E-state index >= 15 is 0 Å². The third-order valence-corrected chi connectivity index (χ3v) is 3.72. The average Bonchev–Trinajstić information content (AvgIpc) is 3.01. The summed E-state index contributed by atoms with van der Waals surface area (Å²) < 4.78 is 0. The number of rotatable bonds is 5. The highest BCUT2D eigenvalue weighted by atomic mass is 16.2. The van der Waals surface area contributed by atoms with Crippen molar-refractivity contribution in [3.63, 3.8) is 0 Å². The van der Waals surface area contributed by atoms with Gasteiger partial charge in [0.2, 0.25) is 5.91 Å². The first-order chi connectivity index (χ1) is 11.1. The standard InChI is InChI=1S/C16H26N6O/c1-4-17-16(19-11-15(23)21(2)3)20-13-8-10-22(12-13)14-7-5-6-9-18-14/h5-7,9,13H,4,8,10-12H2,1-3H3,(H2,17,19,20). The molecule has 0 saturated carbocycles. The van der Waals surface area contributed by atoms with E-state index < -0.39 is 0 Å². The molecule has 1 atom stereocenters. The van der Waals surface area contributed by atoms with Crippen LogP contribution in [-0.2, 0) is 4.79 Å². The normalized spacial score (nSPS) is 18.0. The number of carbonyl (C=O) groups is 1. The zero-order valence-electron chi connectivity index (χ0n) is 14.1. The fraction of sp³-hybridized carbons (Fsp3) is 0.562. The lowest BCUT2D eigenvalue weighted by Crippen LogP contribution is -2.45. The summed E-state index contributed by atoms with van der Waals surface area (Å²) in [6.07, 6.45) is 2.83. The van der Waals surface area contributed by atoms with Gasteiger partial charge in [0.1, 0.15) is 12.4 Å². The Hall–Kier alpha value is -2.31. The number of aromatic nitrogens is 1. The van der Waals surface area contributed by atoms with Crippen molar-refractivity contribution in [3.8, 4) is 0 Å². The van der Waals surface area contributed by atoms with E-state index in [1.807, 2.05) is 31.3 Å². The van der Waals surface area contributed by atoms with Crippen molar-refractivity contribution >= 4 is 17.7 Å². The SMILES string of the molecule is CCNC(=NCC(=O)N(C)C)NC1CCN(c2ccccn2)C1. The summed E-state index contributed by atoms with van der Waals surface area (Å²) in [7, 11) is 3.47. The number of amides is 1. The van der Waals surface area contributed by atoms with Crippen LogP contribution in [0.15, 0.2) is 29.4 Å². The predicted molar refractivity (Wildman–Crippen MR) is 92.7 cm³/mol. The Morgan fingerprint density at radius 2 is 2.30 bits per heavy atom. The fourth-order valence-electron chi connectivity index (χ4n) is 2.43. The summed E-state index contributed by atoms with van der Waals surface area (Å²) in [6, 6.07) is 6.25. The molecule has 7 nitrogen and oxygen atoms in total. The lowest BCUT2D eigenvalue weighted by Gasteiger charge is -2.19. The molecule has 2 rings (SSSR count). The topological polar surface area (TPSA) is 72.9 Å². The van der Waals surface area contributed by atoms with Gasteiger partial charge in [-0.05, 0) is 25.5 Å². The predicted octanol–water partition coefficient (Wildman–Crippen LogP) is 0.304. The molecule has 0 spiro atoms. The molecule has 1 aromatic heterocycles. The summed E-state index contributed by atoms with van der Waals surface area (Å²) in [6.45, 7) is 4.77. The van der Waals surface area contributed by atoms with E-state index in [0.29, 0.717) is 12.0 Å². The fourth-order valence-corrected chi connectivity index (χ4v) is 2.43. The van der Waals surface area contributed by atoms with Gasteiger partial charge in [-0.25, -0.2) is 9.98 Å². The van der Waals surface area contributed by atoms with E-state index in [1.54, 1.807) is 19.0 Å². The van der Waals surface area contributed by atoms with Gasteiger partial charge in [-0.15, -0.1) is 0 Å². The van der Waals surface area contributed by atoms with Crippen LogP contribution >= 0.6 is 0 Å². The first-order valence-electron chi connectivity index (χ1n) is 8.01. The van der Waals surface area contributed by atoms with Crippen LogP contribution in [0.4, 0.5) is 5.82 Å². The minimum absolute atomic E-state index is 0.0104. The zero-order chi connectivity index (χ0) is 16.7. The molecule has 1 aliphatic heterocycles. The largest absolute Gasteiger partial charge is 0.357 e. The van der Waals surface area contributed by atoms with Crippen LogP contribution in [0.2, 0.25) is 0 Å². The third kappa shape index (κ3) is 5.12. The van der Waals surface area contributed by atoms with Gasteiger partial charge in [0.25, 0.3) is 0 Å². The Morgan fingerprint density at radius 3 is 2.96 bits per heavy atom. The van der Waals surface area contributed by atoms with Gasteiger partial charge in [0.05, 0.1) is 0 Å². The van der Waals surface area contributed by atoms with Crippen LogP contribution in [0, 0.1) is 0 Å². The molecule has 2 N–H and O–H groups in total. The van der Waals surface area contributed by atoms with Crippen LogP contribution in [0.3, 0.4) is 0 Å². The van der Waals surface area contributed by atoms with Crippen molar-refractivity contribution in [2.75, 3.05) is 45.2 Å². The van der Waals surface area contributed by atoms with Gasteiger partial charge in [-0.1, -0.05) is 6.07 Å². The van der Waals surface area contributed by atoms with Gasteiger partial charge in [-0.3, -0.25) is 4.79 Å². The minimum Gasteiger partial charge on any atom is -0.357 e. The molecule has 1 fully saturated rings. The molecule has 1 saturated heterocycles. The maximum Gasteiger partial charge on any atom is 0.243 e. The third-order valence-electron chi connectivity index (χ3n) is 3.72. The summed E-state index contributed by atoms with van der Waals surface area (Å²) in [5.74, 6) is 1.68. The van der Waals surface area contributed by atoms with E-state index in [2.05, 4.69) is 25.5 Å². The molecule has 1 aliphatic rings. The Labute approximate surface area is 137 Å². The number of hydrogen-bond donors (Lipinski definition) is 2. The maximum atomic E-state index is 11.7. The van der Waals surface area contributed by atoms with Gasteiger partial charge in [-0.2, -0.15) is 0 Å². The smallest absolute Gasteiger partial charge is 0.243 e. The number of nitrogens with one attached hydrogen (secondary N) is 2. The van der Waals surface area contributed by atoms with Crippen LogP contribution in [0.25, 0.3) is 0 Å². The highest BCUT2D eigenvalue weighted by molar-refractivity contribution is 5.85. The van der Waals surface area contributed by atoms with Crippen LogP contribution < -0.4 is 15.5 Å². The Bertz CT molecular complexity index is 531. The molecule has 1 amide bonds. The molecular weight excluding hydrogens is 292 g/mol. The quantitative estimate of drug-likeness (QED) is 0.604. The van der Waals surface area contributed by atoms with Gasteiger partial charge in [0.15, 0.2) is 5.96 Å². The second-order valence-corrected chi connectivity index (χ2v) is 5.75. The van der Waals surface area contributed by atoms with E-state index in [1.165, 1.54) is 0 Å². The number of carbonyl (C=O) groups excluding carboxylic acids is 1. The number of aliphatic imine (C=N–C) groups is 1. The molecule has 0 aromatic carbocycles. The summed E-state index contributed by atoms with van der Waals surface area (Å²) in [4.78, 5) is 24.2. The monoisotopic (exact) mass is 318 g/mol. The second kappa shape index (κ2) is 8.36.